The number of alkyl halides is 3. The number of hydrogen-bond acceptors (Lipinski definition) is 6. The van der Waals surface area contributed by atoms with Crippen LogP contribution >= 0.6 is 0 Å². The molecule has 0 spiro atoms. The largest absolute Gasteiger partial charge is 0.494 e. The highest BCUT2D eigenvalue weighted by atomic mass is 19.4. The van der Waals surface area contributed by atoms with Crippen molar-refractivity contribution in [1.29, 1.82) is 0 Å². The van der Waals surface area contributed by atoms with Crippen LogP contribution in [0.1, 0.15) is 79.5 Å². The molecule has 0 aliphatic carbocycles. The van der Waals surface area contributed by atoms with E-state index in [0.29, 0.717) is 31.8 Å². The van der Waals surface area contributed by atoms with Crippen LogP contribution in [0.5, 0.6) is 11.5 Å². The molecule has 0 amide bonds. The fraction of sp³-hybridized carbons (Fsp3) is 0.412. The van der Waals surface area contributed by atoms with Gasteiger partial charge in [-0.15, -0.1) is 0 Å². The second-order valence-electron chi connectivity index (χ2n) is 10.1. The predicted octanol–water partition coefficient (Wildman–Crippen LogP) is 8.83. The van der Waals surface area contributed by atoms with E-state index in [9.17, 15) is 22.8 Å². The third-order valence-corrected chi connectivity index (χ3v) is 6.70. The Bertz CT molecular complexity index is 1260. The number of carbonyl (C=O) groups is 2. The molecule has 0 aliphatic rings. The molecule has 0 heterocycles. The Labute approximate surface area is 251 Å². The smallest absolute Gasteiger partial charge is 0.425 e. The van der Waals surface area contributed by atoms with Crippen LogP contribution < -0.4 is 9.47 Å². The fourth-order valence-corrected chi connectivity index (χ4v) is 4.25. The van der Waals surface area contributed by atoms with E-state index in [-0.39, 0.29) is 24.2 Å². The normalized spacial score (nSPS) is 12.0. The average molecular weight is 601 g/mol. The van der Waals surface area contributed by atoms with E-state index >= 15 is 0 Å². The molecule has 9 heteroatoms. The summed E-state index contributed by atoms with van der Waals surface area (Å²) < 4.78 is 61.2. The van der Waals surface area contributed by atoms with Crippen LogP contribution in [-0.4, -0.2) is 44.0 Å². The molecule has 3 aromatic carbocycles. The summed E-state index contributed by atoms with van der Waals surface area (Å²) in [6.07, 6.45) is -2.03. The van der Waals surface area contributed by atoms with Gasteiger partial charge in [0.1, 0.15) is 11.5 Å². The first-order valence-corrected chi connectivity index (χ1v) is 14.7. The maximum Gasteiger partial charge on any atom is 0.425 e. The number of hydrogen-bond donors (Lipinski definition) is 0. The zero-order chi connectivity index (χ0) is 31.1. The van der Waals surface area contributed by atoms with Gasteiger partial charge in [-0.2, -0.15) is 13.2 Å². The van der Waals surface area contributed by atoms with Gasteiger partial charge in [-0.1, -0.05) is 50.5 Å². The zero-order valence-electron chi connectivity index (χ0n) is 24.7. The summed E-state index contributed by atoms with van der Waals surface area (Å²) in [5.41, 5.74) is 2.12. The number of unbranched alkanes of at least 4 members (excludes halogenated alkanes) is 4. The third kappa shape index (κ3) is 11.4. The lowest BCUT2D eigenvalue weighted by Crippen LogP contribution is -2.34. The van der Waals surface area contributed by atoms with Crippen LogP contribution in [-0.2, 0) is 9.47 Å². The minimum atomic E-state index is -4.68. The van der Waals surface area contributed by atoms with Crippen molar-refractivity contribution in [3.63, 3.8) is 0 Å². The van der Waals surface area contributed by atoms with Gasteiger partial charge in [0.05, 0.1) is 17.7 Å². The zero-order valence-corrected chi connectivity index (χ0v) is 24.7. The molecule has 0 radical (unpaired) electrons. The maximum atomic E-state index is 13.4. The lowest BCUT2D eigenvalue weighted by molar-refractivity contribution is -0.206. The summed E-state index contributed by atoms with van der Waals surface area (Å²) in [5.74, 6) is -0.766. The summed E-state index contributed by atoms with van der Waals surface area (Å²) in [7, 11) is 0. The van der Waals surface area contributed by atoms with E-state index in [0.717, 1.165) is 29.7 Å². The van der Waals surface area contributed by atoms with Crippen LogP contribution in [0.3, 0.4) is 0 Å². The minimum Gasteiger partial charge on any atom is -0.494 e. The Morgan fingerprint density at radius 2 is 1.23 bits per heavy atom. The van der Waals surface area contributed by atoms with Crippen molar-refractivity contribution >= 4 is 11.9 Å². The molecule has 0 saturated heterocycles. The van der Waals surface area contributed by atoms with Crippen LogP contribution in [0.25, 0.3) is 11.1 Å². The molecule has 0 fully saturated rings. The number of rotatable bonds is 17. The number of esters is 2. The van der Waals surface area contributed by atoms with Crippen molar-refractivity contribution in [3.8, 4) is 22.6 Å². The van der Waals surface area contributed by atoms with E-state index in [4.69, 9.17) is 18.9 Å². The summed E-state index contributed by atoms with van der Waals surface area (Å²) in [6, 6.07) is 19.9. The summed E-state index contributed by atoms with van der Waals surface area (Å²) in [5, 5.41) is 0. The van der Waals surface area contributed by atoms with Gasteiger partial charge in [-0.05, 0) is 92.3 Å². The number of carbonyl (C=O) groups excluding carboxylic acids is 2. The second-order valence-corrected chi connectivity index (χ2v) is 10.1. The Morgan fingerprint density at radius 1 is 0.674 bits per heavy atom. The third-order valence-electron chi connectivity index (χ3n) is 6.70. The van der Waals surface area contributed by atoms with Gasteiger partial charge >= 0.3 is 18.1 Å². The SMILES string of the molecule is CCCCCCOc1ccc(-c2ccc(C(=O)Oc3ccc(C(=O)OC(CCCCOCC)C(F)(F)F)cc3)cc2)cc1. The van der Waals surface area contributed by atoms with Gasteiger partial charge in [0, 0.05) is 13.2 Å². The number of benzene rings is 3. The Kier molecular flexibility index (Phi) is 13.5. The van der Waals surface area contributed by atoms with Gasteiger partial charge in [0.25, 0.3) is 0 Å². The molecule has 1 unspecified atom stereocenters. The molecule has 3 rings (SSSR count). The van der Waals surface area contributed by atoms with E-state index in [2.05, 4.69) is 6.92 Å². The standard InChI is InChI=1S/C34H39F3O6/c1-3-5-6-8-24-41-29-19-15-26(16-20-29)25-11-13-27(14-12-25)32(38)42-30-21-17-28(18-22-30)33(39)43-31(34(35,36)37)10-7-9-23-40-4-2/h11-22,31H,3-10,23-24H2,1-2H3. The highest BCUT2D eigenvalue weighted by Gasteiger charge is 2.42. The lowest BCUT2D eigenvalue weighted by atomic mass is 10.0. The number of halogens is 3. The predicted molar refractivity (Wildman–Crippen MR) is 159 cm³/mol. The van der Waals surface area contributed by atoms with Crippen LogP contribution in [0, 0.1) is 0 Å². The van der Waals surface area contributed by atoms with Gasteiger partial charge in [-0.25, -0.2) is 9.59 Å². The lowest BCUT2D eigenvalue weighted by Gasteiger charge is -2.20. The van der Waals surface area contributed by atoms with E-state index in [1.165, 1.54) is 37.1 Å². The maximum absolute atomic E-state index is 13.4. The first-order valence-electron chi connectivity index (χ1n) is 14.7. The van der Waals surface area contributed by atoms with Crippen molar-refractivity contribution in [1.82, 2.24) is 0 Å². The molecule has 0 aliphatic heterocycles. The Hall–Kier alpha value is -3.85. The van der Waals surface area contributed by atoms with E-state index in [1.54, 1.807) is 19.1 Å². The van der Waals surface area contributed by atoms with Crippen molar-refractivity contribution in [3.05, 3.63) is 83.9 Å². The summed E-state index contributed by atoms with van der Waals surface area (Å²) in [6.45, 7) is 5.50. The molecule has 0 saturated carbocycles. The molecule has 1 atom stereocenters. The molecular formula is C34H39F3O6. The van der Waals surface area contributed by atoms with Crippen LogP contribution in [0.4, 0.5) is 13.2 Å². The van der Waals surface area contributed by atoms with Gasteiger partial charge < -0.3 is 18.9 Å². The summed E-state index contributed by atoms with van der Waals surface area (Å²) >= 11 is 0. The molecule has 6 nitrogen and oxygen atoms in total. The van der Waals surface area contributed by atoms with E-state index < -0.39 is 24.2 Å². The quantitative estimate of drug-likeness (QED) is 0.0876. The molecule has 0 N–H and O–H groups in total. The van der Waals surface area contributed by atoms with Crippen molar-refractivity contribution in [2.45, 2.75) is 71.1 Å². The van der Waals surface area contributed by atoms with Gasteiger partial charge in [-0.3, -0.25) is 0 Å². The first-order chi connectivity index (χ1) is 20.7. The van der Waals surface area contributed by atoms with E-state index in [1.807, 2.05) is 36.4 Å². The Morgan fingerprint density at radius 3 is 1.84 bits per heavy atom. The van der Waals surface area contributed by atoms with Crippen molar-refractivity contribution in [2.75, 3.05) is 19.8 Å². The molecule has 3 aromatic rings. The van der Waals surface area contributed by atoms with Crippen molar-refractivity contribution < 1.29 is 41.7 Å². The highest BCUT2D eigenvalue weighted by Crippen LogP contribution is 2.28. The fourth-order valence-electron chi connectivity index (χ4n) is 4.25. The average Bonchev–Trinajstić information content (AvgIpc) is 3.00. The van der Waals surface area contributed by atoms with Crippen LogP contribution in [0.2, 0.25) is 0 Å². The molecule has 43 heavy (non-hydrogen) atoms. The second kappa shape index (κ2) is 17.3. The molecular weight excluding hydrogens is 561 g/mol. The number of ether oxygens (including phenoxy) is 4. The van der Waals surface area contributed by atoms with Gasteiger partial charge in [0.15, 0.2) is 6.10 Å². The molecule has 0 bridgehead atoms. The van der Waals surface area contributed by atoms with Gasteiger partial charge in [0.2, 0.25) is 0 Å². The summed E-state index contributed by atoms with van der Waals surface area (Å²) in [4.78, 5) is 25.0. The Balaban J connectivity index is 1.51. The topological polar surface area (TPSA) is 71.1 Å². The monoisotopic (exact) mass is 600 g/mol. The minimum absolute atomic E-state index is 0.0828. The molecule has 232 valence electrons. The molecule has 0 aromatic heterocycles. The first kappa shape index (κ1) is 33.6. The van der Waals surface area contributed by atoms with Crippen molar-refractivity contribution in [2.24, 2.45) is 0 Å². The highest BCUT2D eigenvalue weighted by molar-refractivity contribution is 5.92. The van der Waals surface area contributed by atoms with Crippen LogP contribution in [0.15, 0.2) is 72.8 Å².